The van der Waals surface area contributed by atoms with Crippen LogP contribution in [-0.2, 0) is 32.6 Å². The highest BCUT2D eigenvalue weighted by Crippen LogP contribution is 2.42. The average Bonchev–Trinajstić information content (AvgIpc) is 3.23. The van der Waals surface area contributed by atoms with Crippen LogP contribution in [0.2, 0.25) is 10.0 Å². The standard InChI is InChI=1S/C34H35Cl2N3O4S/c1-3-23(2)37-34(41)30(20-24-10-5-4-6-11-24)38(22-26-17-18-27(35)21-28(26)36)32(40)16-9-19-39-29-14-7-12-25-13-8-15-31(33(25)29)44(39,42)43/h4-8,10-15,17-18,21,23,30H,3,9,16,19-20,22H2,1-2H3,(H,37,41)/t23-,30-/m0/s1. The molecular formula is C34H35Cl2N3O4S. The van der Waals surface area contributed by atoms with Gasteiger partial charge in [0.15, 0.2) is 0 Å². The van der Waals surface area contributed by atoms with E-state index in [1.54, 1.807) is 41.3 Å². The van der Waals surface area contributed by atoms with Crippen molar-refractivity contribution in [2.75, 3.05) is 10.8 Å². The second-order valence-corrected chi connectivity index (χ2v) is 13.8. The van der Waals surface area contributed by atoms with E-state index in [0.29, 0.717) is 33.1 Å². The fourth-order valence-corrected chi connectivity index (χ4v) is 7.76. The molecule has 1 N–H and O–H groups in total. The van der Waals surface area contributed by atoms with Crippen LogP contribution in [0, 0.1) is 0 Å². The van der Waals surface area contributed by atoms with Gasteiger partial charge in [0.05, 0.1) is 10.6 Å². The fourth-order valence-electron chi connectivity index (χ4n) is 5.54. The molecule has 0 aromatic heterocycles. The zero-order valence-electron chi connectivity index (χ0n) is 24.7. The molecule has 7 nitrogen and oxygen atoms in total. The molecule has 0 spiro atoms. The van der Waals surface area contributed by atoms with Crippen molar-refractivity contribution in [3.63, 3.8) is 0 Å². The predicted octanol–water partition coefficient (Wildman–Crippen LogP) is 6.99. The Kier molecular flexibility index (Phi) is 9.83. The van der Waals surface area contributed by atoms with Crippen LogP contribution in [0.3, 0.4) is 0 Å². The molecule has 0 aliphatic carbocycles. The third-order valence-corrected chi connectivity index (χ3v) is 10.5. The summed E-state index contributed by atoms with van der Waals surface area (Å²) in [7, 11) is -3.75. The Bertz CT molecular complexity index is 1780. The molecule has 0 saturated heterocycles. The molecular weight excluding hydrogens is 617 g/mol. The second kappa shape index (κ2) is 13.6. The lowest BCUT2D eigenvalue weighted by atomic mass is 10.0. The average molecular weight is 653 g/mol. The summed E-state index contributed by atoms with van der Waals surface area (Å²) in [5, 5.41) is 5.46. The molecule has 5 rings (SSSR count). The number of anilines is 1. The highest BCUT2D eigenvalue weighted by Gasteiger charge is 2.36. The van der Waals surface area contributed by atoms with Gasteiger partial charge in [-0.2, -0.15) is 0 Å². The minimum atomic E-state index is -3.75. The fraction of sp³-hybridized carbons (Fsp3) is 0.294. The van der Waals surface area contributed by atoms with Crippen LogP contribution >= 0.6 is 23.2 Å². The molecule has 0 fully saturated rings. The Labute approximate surface area is 268 Å². The maximum absolute atomic E-state index is 14.1. The molecule has 1 aliphatic heterocycles. The summed E-state index contributed by atoms with van der Waals surface area (Å²) in [6.45, 7) is 4.13. The van der Waals surface area contributed by atoms with Crippen LogP contribution in [0.5, 0.6) is 0 Å². The number of hydrogen-bond donors (Lipinski definition) is 1. The number of nitrogens with zero attached hydrogens (tertiary/aromatic N) is 2. The predicted molar refractivity (Wildman–Crippen MR) is 177 cm³/mol. The Hall–Kier alpha value is -3.59. The minimum absolute atomic E-state index is 0.0332. The summed E-state index contributed by atoms with van der Waals surface area (Å²) in [5.41, 5.74) is 2.18. The highest BCUT2D eigenvalue weighted by molar-refractivity contribution is 7.93. The van der Waals surface area contributed by atoms with Gasteiger partial charge in [0.1, 0.15) is 6.04 Å². The van der Waals surface area contributed by atoms with E-state index in [1.165, 1.54) is 4.31 Å². The molecule has 4 aromatic rings. The first-order valence-electron chi connectivity index (χ1n) is 14.7. The lowest BCUT2D eigenvalue weighted by Crippen LogP contribution is -2.52. The maximum atomic E-state index is 14.1. The maximum Gasteiger partial charge on any atom is 0.265 e. The van der Waals surface area contributed by atoms with Crippen molar-refractivity contribution in [3.05, 3.63) is 106 Å². The zero-order chi connectivity index (χ0) is 31.4. The Balaban J connectivity index is 1.42. The first-order chi connectivity index (χ1) is 21.1. The van der Waals surface area contributed by atoms with Gasteiger partial charge in [-0.3, -0.25) is 13.9 Å². The molecule has 1 heterocycles. The van der Waals surface area contributed by atoms with Gasteiger partial charge in [-0.15, -0.1) is 0 Å². The molecule has 0 radical (unpaired) electrons. The first-order valence-corrected chi connectivity index (χ1v) is 16.9. The number of nitrogens with one attached hydrogen (secondary N) is 1. The number of sulfonamides is 1. The van der Waals surface area contributed by atoms with E-state index in [-0.39, 0.29) is 48.7 Å². The number of benzene rings is 4. The van der Waals surface area contributed by atoms with Crippen molar-refractivity contribution in [2.45, 2.75) is 63.1 Å². The van der Waals surface area contributed by atoms with Crippen LogP contribution in [0.15, 0.2) is 89.8 Å². The third-order valence-electron chi connectivity index (χ3n) is 8.06. The van der Waals surface area contributed by atoms with Crippen molar-refractivity contribution < 1.29 is 18.0 Å². The summed E-state index contributed by atoms with van der Waals surface area (Å²) in [6, 6.07) is 24.5. The molecule has 230 valence electrons. The van der Waals surface area contributed by atoms with Crippen molar-refractivity contribution in [1.82, 2.24) is 10.2 Å². The van der Waals surface area contributed by atoms with Crippen LogP contribution in [-0.4, -0.2) is 43.8 Å². The topological polar surface area (TPSA) is 86.8 Å². The smallest absolute Gasteiger partial charge is 0.265 e. The monoisotopic (exact) mass is 651 g/mol. The van der Waals surface area contributed by atoms with Gasteiger partial charge < -0.3 is 10.2 Å². The van der Waals surface area contributed by atoms with Gasteiger partial charge in [-0.25, -0.2) is 8.42 Å². The number of amides is 2. The Morgan fingerprint density at radius 3 is 2.39 bits per heavy atom. The SMILES string of the molecule is CC[C@H](C)NC(=O)[C@H](Cc1ccccc1)N(Cc1ccc(Cl)cc1Cl)C(=O)CCCN1c2cccc3cccc(c23)S1(=O)=O. The molecule has 1 aliphatic rings. The van der Waals surface area contributed by atoms with Crippen molar-refractivity contribution in [1.29, 1.82) is 0 Å². The van der Waals surface area contributed by atoms with Crippen LogP contribution < -0.4 is 9.62 Å². The van der Waals surface area contributed by atoms with Gasteiger partial charge in [0.2, 0.25) is 11.8 Å². The zero-order valence-corrected chi connectivity index (χ0v) is 27.0. The van der Waals surface area contributed by atoms with E-state index in [0.717, 1.165) is 17.4 Å². The summed E-state index contributed by atoms with van der Waals surface area (Å²) in [6.07, 6.45) is 1.34. The summed E-state index contributed by atoms with van der Waals surface area (Å²) < 4.78 is 28.3. The third kappa shape index (κ3) is 6.72. The van der Waals surface area contributed by atoms with Gasteiger partial charge >= 0.3 is 0 Å². The van der Waals surface area contributed by atoms with E-state index in [2.05, 4.69) is 5.32 Å². The van der Waals surface area contributed by atoms with E-state index in [1.807, 2.05) is 62.4 Å². The normalized spacial score (nSPS) is 14.8. The minimum Gasteiger partial charge on any atom is -0.352 e. The second-order valence-electron chi connectivity index (χ2n) is 11.1. The molecule has 4 aromatic carbocycles. The number of hydrogen-bond acceptors (Lipinski definition) is 4. The van der Waals surface area contributed by atoms with Gasteiger partial charge in [0.25, 0.3) is 10.0 Å². The van der Waals surface area contributed by atoms with Crippen LogP contribution in [0.1, 0.15) is 44.2 Å². The largest absolute Gasteiger partial charge is 0.352 e. The van der Waals surface area contributed by atoms with Crippen molar-refractivity contribution >= 4 is 61.5 Å². The molecule has 2 atom stereocenters. The molecule has 0 saturated carbocycles. The highest BCUT2D eigenvalue weighted by atomic mass is 35.5. The Morgan fingerprint density at radius 1 is 0.955 bits per heavy atom. The van der Waals surface area contributed by atoms with Gasteiger partial charge in [-0.05, 0) is 60.5 Å². The summed E-state index contributed by atoms with van der Waals surface area (Å²) in [5.74, 6) is -0.533. The molecule has 2 amide bonds. The lowest BCUT2D eigenvalue weighted by molar-refractivity contribution is -0.141. The lowest BCUT2D eigenvalue weighted by Gasteiger charge is -2.33. The summed E-state index contributed by atoms with van der Waals surface area (Å²) >= 11 is 12.7. The molecule has 44 heavy (non-hydrogen) atoms. The van der Waals surface area contributed by atoms with E-state index in [9.17, 15) is 18.0 Å². The van der Waals surface area contributed by atoms with Crippen LogP contribution in [0.4, 0.5) is 5.69 Å². The number of rotatable bonds is 12. The van der Waals surface area contributed by atoms with E-state index < -0.39 is 16.1 Å². The van der Waals surface area contributed by atoms with Crippen molar-refractivity contribution in [3.8, 4) is 0 Å². The number of halogens is 2. The molecule has 10 heteroatoms. The summed E-state index contributed by atoms with van der Waals surface area (Å²) in [4.78, 5) is 29.7. The quantitative estimate of drug-likeness (QED) is 0.179. The van der Waals surface area contributed by atoms with E-state index >= 15 is 0 Å². The number of carbonyl (C=O) groups excluding carboxylic acids is 2. The van der Waals surface area contributed by atoms with Crippen molar-refractivity contribution in [2.24, 2.45) is 0 Å². The Morgan fingerprint density at radius 2 is 1.68 bits per heavy atom. The van der Waals surface area contributed by atoms with Crippen LogP contribution in [0.25, 0.3) is 10.8 Å². The molecule has 0 bridgehead atoms. The first kappa shape index (κ1) is 31.8. The van der Waals surface area contributed by atoms with E-state index in [4.69, 9.17) is 23.2 Å². The molecule has 0 unspecified atom stereocenters. The number of carbonyl (C=O) groups is 2. The van der Waals surface area contributed by atoms with Gasteiger partial charge in [0, 0.05) is 47.4 Å². The van der Waals surface area contributed by atoms with Gasteiger partial charge in [-0.1, -0.05) is 90.8 Å².